The lowest BCUT2D eigenvalue weighted by molar-refractivity contribution is -0.323. The van der Waals surface area contributed by atoms with Crippen LogP contribution in [0.5, 0.6) is 0 Å². The van der Waals surface area contributed by atoms with Gasteiger partial charge in [-0.05, 0) is 20.3 Å². The highest BCUT2D eigenvalue weighted by molar-refractivity contribution is 5.99. The number of ether oxygens (including phenoxy) is 1. The van der Waals surface area contributed by atoms with Crippen LogP contribution in [0.2, 0.25) is 0 Å². The molecule has 16 heavy (non-hydrogen) atoms. The van der Waals surface area contributed by atoms with Gasteiger partial charge in [0.1, 0.15) is 0 Å². The lowest BCUT2D eigenvalue weighted by Crippen LogP contribution is -2.53. The summed E-state index contributed by atoms with van der Waals surface area (Å²) in [6.07, 6.45) is -4.11. The number of hydrogen-bond acceptors (Lipinski definition) is 4. The molecular formula is C10H13F2O4-. The molecule has 0 saturated carbocycles. The monoisotopic (exact) mass is 235 g/mol. The second kappa shape index (κ2) is 5.58. The van der Waals surface area contributed by atoms with E-state index in [-0.39, 0.29) is 12.2 Å². The molecule has 0 aromatic rings. The zero-order chi connectivity index (χ0) is 12.9. The van der Waals surface area contributed by atoms with Crippen LogP contribution in [0.3, 0.4) is 0 Å². The third-order valence-corrected chi connectivity index (χ3v) is 1.96. The van der Waals surface area contributed by atoms with Gasteiger partial charge in [-0.2, -0.15) is 0 Å². The molecular weight excluding hydrogens is 222 g/mol. The van der Waals surface area contributed by atoms with Crippen molar-refractivity contribution >= 4 is 11.9 Å². The fraction of sp³-hybridized carbons (Fsp3) is 0.600. The van der Waals surface area contributed by atoms with Crippen LogP contribution in [0.1, 0.15) is 20.3 Å². The molecule has 0 spiro atoms. The second-order valence-corrected chi connectivity index (χ2v) is 3.41. The minimum absolute atomic E-state index is 0.137. The first-order valence-corrected chi connectivity index (χ1v) is 4.60. The fourth-order valence-corrected chi connectivity index (χ4v) is 1.22. The SMILES string of the molecule is C=C(C)CC(C(=O)[O-])(C(=O)OCC)C(F)F. The first-order valence-electron chi connectivity index (χ1n) is 4.60. The van der Waals surface area contributed by atoms with E-state index >= 15 is 0 Å². The molecule has 0 N–H and O–H groups in total. The van der Waals surface area contributed by atoms with Gasteiger partial charge < -0.3 is 14.6 Å². The zero-order valence-electron chi connectivity index (χ0n) is 9.09. The minimum Gasteiger partial charge on any atom is -0.549 e. The third kappa shape index (κ3) is 2.77. The molecule has 0 fully saturated rings. The van der Waals surface area contributed by atoms with E-state index in [9.17, 15) is 23.5 Å². The fourth-order valence-electron chi connectivity index (χ4n) is 1.22. The van der Waals surface area contributed by atoms with Crippen LogP contribution < -0.4 is 5.11 Å². The Kier molecular flexibility index (Phi) is 5.07. The summed E-state index contributed by atoms with van der Waals surface area (Å²) in [5, 5.41) is 10.8. The Morgan fingerprint density at radius 3 is 2.25 bits per heavy atom. The van der Waals surface area contributed by atoms with Crippen LogP contribution in [0.4, 0.5) is 8.78 Å². The van der Waals surface area contributed by atoms with Crippen molar-refractivity contribution in [3.05, 3.63) is 12.2 Å². The van der Waals surface area contributed by atoms with Crippen LogP contribution in [0.25, 0.3) is 0 Å². The van der Waals surface area contributed by atoms with Crippen LogP contribution in [0, 0.1) is 5.41 Å². The summed E-state index contributed by atoms with van der Waals surface area (Å²) in [5.41, 5.74) is -2.82. The van der Waals surface area contributed by atoms with Crippen LogP contribution >= 0.6 is 0 Å². The maximum absolute atomic E-state index is 12.8. The predicted molar refractivity (Wildman–Crippen MR) is 49.5 cm³/mol. The molecule has 0 amide bonds. The molecule has 0 aromatic carbocycles. The van der Waals surface area contributed by atoms with E-state index < -0.39 is 30.2 Å². The number of rotatable bonds is 6. The molecule has 0 aliphatic heterocycles. The lowest BCUT2D eigenvalue weighted by Gasteiger charge is -2.31. The van der Waals surface area contributed by atoms with Gasteiger partial charge in [0.05, 0.1) is 12.6 Å². The number of allylic oxidation sites excluding steroid dienone is 1. The van der Waals surface area contributed by atoms with Gasteiger partial charge in [0.25, 0.3) is 6.43 Å². The van der Waals surface area contributed by atoms with Crippen LogP contribution in [0.15, 0.2) is 12.2 Å². The van der Waals surface area contributed by atoms with Gasteiger partial charge in [-0.15, -0.1) is 6.58 Å². The molecule has 0 bridgehead atoms. The van der Waals surface area contributed by atoms with E-state index in [1.807, 2.05) is 0 Å². The number of esters is 1. The number of carbonyl (C=O) groups is 2. The van der Waals surface area contributed by atoms with Gasteiger partial charge in [0, 0.05) is 0 Å². The quantitative estimate of drug-likeness (QED) is 0.382. The maximum atomic E-state index is 12.8. The van der Waals surface area contributed by atoms with E-state index in [4.69, 9.17) is 0 Å². The summed E-state index contributed by atoms with van der Waals surface area (Å²) in [6, 6.07) is 0. The van der Waals surface area contributed by atoms with Gasteiger partial charge >= 0.3 is 5.97 Å². The highest BCUT2D eigenvalue weighted by atomic mass is 19.3. The summed E-state index contributed by atoms with van der Waals surface area (Å²) in [6.45, 7) is 5.87. The standard InChI is InChI=1S/C10H14F2O4/c1-4-16-9(15)10(7(11)12,8(13)14)5-6(2)3/h7H,2,4-5H2,1,3H3,(H,13,14)/p-1. The number of aliphatic carboxylic acids is 1. The minimum atomic E-state index is -3.41. The molecule has 1 unspecified atom stereocenters. The average Bonchev–Trinajstić information content (AvgIpc) is 2.12. The van der Waals surface area contributed by atoms with Crippen molar-refractivity contribution in [1.29, 1.82) is 0 Å². The Hall–Kier alpha value is -1.46. The molecule has 6 heteroatoms. The van der Waals surface area contributed by atoms with E-state index in [0.29, 0.717) is 0 Å². The molecule has 0 aliphatic carbocycles. The number of carboxylic acid groups (broad SMARTS) is 1. The molecule has 92 valence electrons. The first-order chi connectivity index (χ1) is 7.28. The number of carboxylic acids is 1. The Morgan fingerprint density at radius 2 is 2.00 bits per heavy atom. The first kappa shape index (κ1) is 14.5. The Balaban J connectivity index is 5.34. The topological polar surface area (TPSA) is 66.4 Å². The van der Waals surface area contributed by atoms with Crippen LogP contribution in [-0.2, 0) is 14.3 Å². The van der Waals surface area contributed by atoms with Crippen LogP contribution in [-0.4, -0.2) is 25.0 Å². The van der Waals surface area contributed by atoms with E-state index in [1.54, 1.807) is 0 Å². The lowest BCUT2D eigenvalue weighted by atomic mass is 9.82. The second-order valence-electron chi connectivity index (χ2n) is 3.41. The number of carbonyl (C=O) groups excluding carboxylic acids is 2. The molecule has 4 nitrogen and oxygen atoms in total. The Labute approximate surface area is 91.9 Å². The molecule has 0 aromatic heterocycles. The van der Waals surface area contributed by atoms with Gasteiger partial charge in [0.15, 0.2) is 5.41 Å². The Morgan fingerprint density at radius 1 is 1.50 bits per heavy atom. The number of alkyl halides is 2. The normalized spacial score (nSPS) is 14.3. The van der Waals surface area contributed by atoms with E-state index in [1.165, 1.54) is 13.8 Å². The molecule has 0 heterocycles. The largest absolute Gasteiger partial charge is 0.549 e. The van der Waals surface area contributed by atoms with Gasteiger partial charge in [0.2, 0.25) is 0 Å². The zero-order valence-corrected chi connectivity index (χ0v) is 9.09. The van der Waals surface area contributed by atoms with E-state index in [0.717, 1.165) is 0 Å². The highest BCUT2D eigenvalue weighted by Gasteiger charge is 2.50. The summed E-state index contributed by atoms with van der Waals surface area (Å²) >= 11 is 0. The predicted octanol–water partition coefficient (Wildman–Crippen LogP) is 0.517. The van der Waals surface area contributed by atoms with Crippen molar-refractivity contribution in [2.45, 2.75) is 26.7 Å². The molecule has 0 saturated heterocycles. The van der Waals surface area contributed by atoms with Crippen molar-refractivity contribution in [2.24, 2.45) is 5.41 Å². The van der Waals surface area contributed by atoms with Gasteiger partial charge in [-0.25, -0.2) is 8.78 Å². The van der Waals surface area contributed by atoms with Gasteiger partial charge in [-0.1, -0.05) is 5.57 Å². The number of halogens is 2. The van der Waals surface area contributed by atoms with Gasteiger partial charge in [-0.3, -0.25) is 4.79 Å². The van der Waals surface area contributed by atoms with Crippen molar-refractivity contribution < 1.29 is 28.2 Å². The molecule has 0 aliphatic rings. The molecule has 0 radical (unpaired) electrons. The van der Waals surface area contributed by atoms with Crippen molar-refractivity contribution in [3.8, 4) is 0 Å². The smallest absolute Gasteiger partial charge is 0.324 e. The average molecular weight is 235 g/mol. The summed E-state index contributed by atoms with van der Waals surface area (Å²) in [7, 11) is 0. The van der Waals surface area contributed by atoms with E-state index in [2.05, 4.69) is 11.3 Å². The summed E-state index contributed by atoms with van der Waals surface area (Å²) in [4.78, 5) is 22.1. The summed E-state index contributed by atoms with van der Waals surface area (Å²) in [5.74, 6) is -3.64. The third-order valence-electron chi connectivity index (χ3n) is 1.96. The molecule has 0 rings (SSSR count). The number of hydrogen-bond donors (Lipinski definition) is 0. The Bertz CT molecular complexity index is 301. The van der Waals surface area contributed by atoms with Crippen molar-refractivity contribution in [3.63, 3.8) is 0 Å². The van der Waals surface area contributed by atoms with Crippen molar-refractivity contribution in [2.75, 3.05) is 6.61 Å². The maximum Gasteiger partial charge on any atom is 0.324 e. The summed E-state index contributed by atoms with van der Waals surface area (Å²) < 4.78 is 29.9. The molecule has 1 atom stereocenters. The van der Waals surface area contributed by atoms with Crippen molar-refractivity contribution in [1.82, 2.24) is 0 Å². The highest BCUT2D eigenvalue weighted by Crippen LogP contribution is 2.34.